The maximum atomic E-state index is 9.45. The van der Waals surface area contributed by atoms with E-state index in [1.165, 1.54) is 0 Å². The van der Waals surface area contributed by atoms with Gasteiger partial charge in [-0.15, -0.1) is 0 Å². The molecule has 0 aliphatic heterocycles. The van der Waals surface area contributed by atoms with Crippen LogP contribution in [0.3, 0.4) is 0 Å². The third kappa shape index (κ3) is 4.09. The van der Waals surface area contributed by atoms with Gasteiger partial charge in [0.2, 0.25) is 0 Å². The van der Waals surface area contributed by atoms with Gasteiger partial charge in [-0.05, 0) is 12.5 Å². The first-order valence-corrected chi connectivity index (χ1v) is 5.68. The van der Waals surface area contributed by atoms with Crippen molar-refractivity contribution in [2.75, 3.05) is 26.9 Å². The van der Waals surface area contributed by atoms with Gasteiger partial charge < -0.3 is 20.3 Å². The fourth-order valence-corrected chi connectivity index (χ4v) is 1.56. The summed E-state index contributed by atoms with van der Waals surface area (Å²) in [4.78, 5) is 0. The highest BCUT2D eigenvalue weighted by Crippen LogP contribution is 2.18. The third-order valence-electron chi connectivity index (χ3n) is 2.66. The molecule has 2 unspecified atom stereocenters. The van der Waals surface area contributed by atoms with Gasteiger partial charge >= 0.3 is 0 Å². The lowest BCUT2D eigenvalue weighted by Gasteiger charge is -2.29. The molecule has 0 aromatic heterocycles. The molecule has 4 nitrogen and oxygen atoms in total. The van der Waals surface area contributed by atoms with Crippen LogP contribution in [0.1, 0.15) is 12.5 Å². The SMILES string of the molecule is COCC(C)OCC(N)(CO)c1ccccc1. The fraction of sp³-hybridized carbons (Fsp3) is 0.538. The average molecular weight is 239 g/mol. The molecule has 3 N–H and O–H groups in total. The molecule has 0 radical (unpaired) electrons. The van der Waals surface area contributed by atoms with E-state index in [4.69, 9.17) is 15.2 Å². The minimum Gasteiger partial charge on any atom is -0.394 e. The maximum Gasteiger partial charge on any atom is 0.0881 e. The Morgan fingerprint density at radius 2 is 2.00 bits per heavy atom. The van der Waals surface area contributed by atoms with E-state index in [1.54, 1.807) is 7.11 Å². The largest absolute Gasteiger partial charge is 0.394 e. The summed E-state index contributed by atoms with van der Waals surface area (Å²) in [5.74, 6) is 0. The van der Waals surface area contributed by atoms with E-state index in [-0.39, 0.29) is 19.3 Å². The van der Waals surface area contributed by atoms with Gasteiger partial charge in [-0.25, -0.2) is 0 Å². The topological polar surface area (TPSA) is 64.7 Å². The third-order valence-corrected chi connectivity index (χ3v) is 2.66. The number of aliphatic hydroxyl groups is 1. The Labute approximate surface area is 102 Å². The molecule has 1 aromatic rings. The molecule has 2 atom stereocenters. The molecule has 17 heavy (non-hydrogen) atoms. The summed E-state index contributed by atoms with van der Waals surface area (Å²) >= 11 is 0. The molecule has 0 heterocycles. The van der Waals surface area contributed by atoms with Crippen LogP contribution in [0.25, 0.3) is 0 Å². The summed E-state index contributed by atoms with van der Waals surface area (Å²) in [5.41, 5.74) is 6.16. The highest BCUT2D eigenvalue weighted by Gasteiger charge is 2.27. The first kappa shape index (κ1) is 14.1. The second-order valence-electron chi connectivity index (χ2n) is 4.26. The molecule has 1 aromatic carbocycles. The lowest BCUT2D eigenvalue weighted by atomic mass is 9.93. The van der Waals surface area contributed by atoms with Crippen molar-refractivity contribution in [3.8, 4) is 0 Å². The van der Waals surface area contributed by atoms with Gasteiger partial charge in [-0.3, -0.25) is 0 Å². The van der Waals surface area contributed by atoms with Crippen LogP contribution < -0.4 is 5.73 Å². The Morgan fingerprint density at radius 1 is 1.35 bits per heavy atom. The summed E-state index contributed by atoms with van der Waals surface area (Å²) in [7, 11) is 1.62. The number of hydrogen-bond donors (Lipinski definition) is 2. The predicted octanol–water partition coefficient (Wildman–Crippen LogP) is 0.884. The van der Waals surface area contributed by atoms with Crippen LogP contribution in [-0.4, -0.2) is 38.1 Å². The van der Waals surface area contributed by atoms with E-state index in [0.717, 1.165) is 5.56 Å². The van der Waals surface area contributed by atoms with Crippen LogP contribution >= 0.6 is 0 Å². The molecule has 0 bridgehead atoms. The van der Waals surface area contributed by atoms with Crippen molar-refractivity contribution in [3.05, 3.63) is 35.9 Å². The lowest BCUT2D eigenvalue weighted by Crippen LogP contribution is -2.46. The van der Waals surface area contributed by atoms with Gasteiger partial charge in [0.25, 0.3) is 0 Å². The predicted molar refractivity (Wildman–Crippen MR) is 66.7 cm³/mol. The molecular formula is C13H21NO3. The molecule has 0 aliphatic rings. The van der Waals surface area contributed by atoms with Gasteiger partial charge in [0.15, 0.2) is 0 Å². The van der Waals surface area contributed by atoms with Gasteiger partial charge in [0, 0.05) is 7.11 Å². The van der Waals surface area contributed by atoms with Crippen molar-refractivity contribution < 1.29 is 14.6 Å². The molecule has 0 saturated heterocycles. The Hall–Kier alpha value is -0.940. The smallest absolute Gasteiger partial charge is 0.0881 e. The molecule has 0 aliphatic carbocycles. The van der Waals surface area contributed by atoms with Gasteiger partial charge in [0.05, 0.1) is 31.5 Å². The molecule has 1 rings (SSSR count). The van der Waals surface area contributed by atoms with Crippen LogP contribution in [0.15, 0.2) is 30.3 Å². The number of methoxy groups -OCH3 is 1. The van der Waals surface area contributed by atoms with Crippen LogP contribution in [-0.2, 0) is 15.0 Å². The molecule has 4 heteroatoms. The number of ether oxygens (including phenoxy) is 2. The first-order chi connectivity index (χ1) is 8.12. The molecular weight excluding hydrogens is 218 g/mol. The van der Waals surface area contributed by atoms with Crippen LogP contribution in [0.5, 0.6) is 0 Å². The molecule has 0 fully saturated rings. The molecule has 0 spiro atoms. The quantitative estimate of drug-likeness (QED) is 0.741. The van der Waals surface area contributed by atoms with Crippen molar-refractivity contribution >= 4 is 0 Å². The van der Waals surface area contributed by atoms with Crippen molar-refractivity contribution in [2.24, 2.45) is 5.73 Å². The normalized spacial score (nSPS) is 16.5. The zero-order valence-electron chi connectivity index (χ0n) is 10.4. The summed E-state index contributed by atoms with van der Waals surface area (Å²) in [6.45, 7) is 2.53. The number of rotatable bonds is 7. The Kier molecular flexibility index (Phi) is 5.58. The van der Waals surface area contributed by atoms with Crippen LogP contribution in [0, 0.1) is 0 Å². The highest BCUT2D eigenvalue weighted by molar-refractivity contribution is 5.24. The van der Waals surface area contributed by atoms with Crippen LogP contribution in [0.2, 0.25) is 0 Å². The second kappa shape index (κ2) is 6.71. The Balaban J connectivity index is 2.63. The Bertz CT molecular complexity index is 318. The second-order valence-corrected chi connectivity index (χ2v) is 4.26. The number of benzene rings is 1. The zero-order chi connectivity index (χ0) is 12.7. The summed E-state index contributed by atoms with van der Waals surface area (Å²) in [6.07, 6.45) is -0.0433. The van der Waals surface area contributed by atoms with E-state index in [9.17, 15) is 5.11 Å². The number of nitrogens with two attached hydrogens (primary N) is 1. The molecule has 96 valence electrons. The summed E-state index contributed by atoms with van der Waals surface area (Å²) in [6, 6.07) is 9.48. The van der Waals surface area contributed by atoms with Crippen molar-refractivity contribution in [1.82, 2.24) is 0 Å². The minimum absolute atomic E-state index is 0.0433. The van der Waals surface area contributed by atoms with Gasteiger partial charge in [0.1, 0.15) is 0 Å². The lowest BCUT2D eigenvalue weighted by molar-refractivity contribution is -0.0243. The van der Waals surface area contributed by atoms with Crippen LogP contribution in [0.4, 0.5) is 0 Å². The van der Waals surface area contributed by atoms with Crippen molar-refractivity contribution in [1.29, 1.82) is 0 Å². The van der Waals surface area contributed by atoms with Gasteiger partial charge in [-0.1, -0.05) is 30.3 Å². The van der Waals surface area contributed by atoms with Crippen molar-refractivity contribution in [3.63, 3.8) is 0 Å². The molecule has 0 saturated carbocycles. The molecule has 0 amide bonds. The highest BCUT2D eigenvalue weighted by atomic mass is 16.5. The number of aliphatic hydroxyl groups excluding tert-OH is 1. The summed E-state index contributed by atoms with van der Waals surface area (Å²) in [5, 5.41) is 9.45. The summed E-state index contributed by atoms with van der Waals surface area (Å²) < 4.78 is 10.6. The standard InChI is InChI=1S/C13H21NO3/c1-11(8-16-2)17-10-13(14,9-15)12-6-4-3-5-7-12/h3-7,11,15H,8-10,14H2,1-2H3. The average Bonchev–Trinajstić information content (AvgIpc) is 2.37. The number of hydrogen-bond acceptors (Lipinski definition) is 4. The van der Waals surface area contributed by atoms with E-state index in [2.05, 4.69) is 0 Å². The minimum atomic E-state index is -0.858. The van der Waals surface area contributed by atoms with E-state index < -0.39 is 5.54 Å². The Morgan fingerprint density at radius 3 is 2.53 bits per heavy atom. The fourth-order valence-electron chi connectivity index (χ4n) is 1.56. The van der Waals surface area contributed by atoms with E-state index in [0.29, 0.717) is 6.61 Å². The zero-order valence-corrected chi connectivity index (χ0v) is 10.4. The maximum absolute atomic E-state index is 9.45. The van der Waals surface area contributed by atoms with Crippen molar-refractivity contribution in [2.45, 2.75) is 18.6 Å². The first-order valence-electron chi connectivity index (χ1n) is 5.68. The van der Waals surface area contributed by atoms with E-state index >= 15 is 0 Å². The van der Waals surface area contributed by atoms with Gasteiger partial charge in [-0.2, -0.15) is 0 Å². The monoisotopic (exact) mass is 239 g/mol. The van der Waals surface area contributed by atoms with E-state index in [1.807, 2.05) is 37.3 Å².